The van der Waals surface area contributed by atoms with Gasteiger partial charge >= 0.3 is 0 Å². The number of nitrogens with one attached hydrogen (secondary N) is 2. The van der Waals surface area contributed by atoms with Crippen LogP contribution in [0.5, 0.6) is 0 Å². The molecule has 0 aliphatic rings. The van der Waals surface area contributed by atoms with Gasteiger partial charge in [0.15, 0.2) is 11.1 Å². The van der Waals surface area contributed by atoms with Crippen LogP contribution in [-0.4, -0.2) is 34.0 Å². The summed E-state index contributed by atoms with van der Waals surface area (Å²) in [6, 6.07) is 3.91. The third kappa shape index (κ3) is 4.67. The van der Waals surface area contributed by atoms with Gasteiger partial charge in [-0.15, -0.1) is 6.58 Å². The first-order valence-electron chi connectivity index (χ1n) is 5.97. The number of hydrogen-bond acceptors (Lipinski definition) is 3. The number of nitrogens with two attached hydrogens (primary N) is 1. The summed E-state index contributed by atoms with van der Waals surface area (Å²) in [5, 5.41) is 11.0. The van der Waals surface area contributed by atoms with E-state index in [0.29, 0.717) is 24.6 Å². The molecule has 102 valence electrons. The molecule has 0 aliphatic heterocycles. The third-order valence-corrected chi connectivity index (χ3v) is 2.99. The van der Waals surface area contributed by atoms with E-state index in [0.717, 1.165) is 11.3 Å². The first kappa shape index (κ1) is 15.1. The molecule has 0 spiro atoms. The lowest BCUT2D eigenvalue weighted by atomic mass is 10.1. The maximum Gasteiger partial charge on any atom is 0.194 e. The van der Waals surface area contributed by atoms with Crippen molar-refractivity contribution in [1.29, 1.82) is 5.41 Å². The van der Waals surface area contributed by atoms with Crippen LogP contribution in [0.4, 0.5) is 0 Å². The number of aryl methyl sites for hydroxylation is 1. The molecule has 1 rings (SSSR count). The van der Waals surface area contributed by atoms with Crippen molar-refractivity contribution < 1.29 is 0 Å². The molecule has 0 saturated heterocycles. The molecule has 0 aromatic carbocycles. The third-order valence-electron chi connectivity index (χ3n) is 2.62. The number of nitrogens with zero attached hydrogens (tertiary/aromatic N) is 2. The molecule has 1 aromatic rings. The Labute approximate surface area is 119 Å². The number of rotatable bonds is 5. The van der Waals surface area contributed by atoms with Crippen molar-refractivity contribution in [2.45, 2.75) is 13.3 Å². The predicted octanol–water partition coefficient (Wildman–Crippen LogP) is 1.19. The van der Waals surface area contributed by atoms with Gasteiger partial charge in [-0.25, -0.2) is 0 Å². The summed E-state index contributed by atoms with van der Waals surface area (Å²) >= 11 is 5.19. The highest BCUT2D eigenvalue weighted by Gasteiger charge is 2.12. The highest BCUT2D eigenvalue weighted by atomic mass is 32.1. The van der Waals surface area contributed by atoms with Crippen LogP contribution in [0.1, 0.15) is 11.3 Å². The van der Waals surface area contributed by atoms with E-state index in [1.807, 2.05) is 19.1 Å². The minimum absolute atomic E-state index is 0.0739. The molecule has 0 aliphatic carbocycles. The molecule has 0 atom stereocenters. The molecule has 5 nitrogen and oxygen atoms in total. The van der Waals surface area contributed by atoms with Crippen LogP contribution in [0.25, 0.3) is 0 Å². The smallest absolute Gasteiger partial charge is 0.194 e. The topological polar surface area (TPSA) is 78.0 Å². The van der Waals surface area contributed by atoms with Crippen LogP contribution in [0.15, 0.2) is 31.0 Å². The fourth-order valence-electron chi connectivity index (χ4n) is 1.58. The van der Waals surface area contributed by atoms with E-state index in [-0.39, 0.29) is 5.96 Å². The quantitative estimate of drug-likeness (QED) is 0.326. The Kier molecular flexibility index (Phi) is 5.95. The van der Waals surface area contributed by atoms with Gasteiger partial charge in [-0.3, -0.25) is 15.3 Å². The molecule has 0 fully saturated rings. The normalized spacial score (nSPS) is 9.74. The highest BCUT2D eigenvalue weighted by molar-refractivity contribution is 7.80. The lowest BCUT2D eigenvalue weighted by molar-refractivity contribution is 0.578. The standard InChI is InChI=1S/C13H19N5S/c1-3-7-17-13(19)18(12(14)15)9-6-11-10(2)5-4-8-16-11/h3-5,8H,1,6-7,9H2,2H3,(H3,14,15)(H,17,19). The first-order valence-corrected chi connectivity index (χ1v) is 6.38. The van der Waals surface area contributed by atoms with Gasteiger partial charge in [0, 0.05) is 31.4 Å². The van der Waals surface area contributed by atoms with Crippen molar-refractivity contribution >= 4 is 23.3 Å². The molecule has 0 unspecified atom stereocenters. The van der Waals surface area contributed by atoms with Gasteiger partial charge < -0.3 is 11.1 Å². The molecule has 1 aromatic heterocycles. The molecular formula is C13H19N5S. The first-order chi connectivity index (χ1) is 9.06. The predicted molar refractivity (Wildman–Crippen MR) is 82.1 cm³/mol. The number of pyridine rings is 1. The zero-order valence-corrected chi connectivity index (χ0v) is 11.8. The van der Waals surface area contributed by atoms with Crippen LogP contribution in [-0.2, 0) is 6.42 Å². The van der Waals surface area contributed by atoms with Gasteiger partial charge in [0.2, 0.25) is 0 Å². The molecule has 0 saturated carbocycles. The lowest BCUT2D eigenvalue weighted by Gasteiger charge is -2.23. The second-order valence-electron chi connectivity index (χ2n) is 4.03. The average Bonchev–Trinajstić information content (AvgIpc) is 2.38. The van der Waals surface area contributed by atoms with Crippen molar-refractivity contribution in [2.75, 3.05) is 13.1 Å². The second-order valence-corrected chi connectivity index (χ2v) is 4.42. The SMILES string of the molecule is C=CCNC(=S)N(CCc1ncccc1C)C(=N)N. The number of aromatic nitrogens is 1. The van der Waals surface area contributed by atoms with E-state index in [2.05, 4.69) is 16.9 Å². The number of thiocarbonyl (C=S) groups is 1. The van der Waals surface area contributed by atoms with E-state index in [1.54, 1.807) is 17.2 Å². The van der Waals surface area contributed by atoms with Gasteiger partial charge in [-0.2, -0.15) is 0 Å². The van der Waals surface area contributed by atoms with Crippen molar-refractivity contribution in [3.63, 3.8) is 0 Å². The van der Waals surface area contributed by atoms with Crippen molar-refractivity contribution in [1.82, 2.24) is 15.2 Å². The van der Waals surface area contributed by atoms with Crippen molar-refractivity contribution in [3.05, 3.63) is 42.2 Å². The fraction of sp³-hybridized carbons (Fsp3) is 0.308. The molecular weight excluding hydrogens is 258 g/mol. The van der Waals surface area contributed by atoms with Crippen LogP contribution in [0.2, 0.25) is 0 Å². The molecule has 1 heterocycles. The molecule has 0 radical (unpaired) electrons. The largest absolute Gasteiger partial charge is 0.370 e. The van der Waals surface area contributed by atoms with Crippen LogP contribution >= 0.6 is 12.2 Å². The molecule has 0 amide bonds. The highest BCUT2D eigenvalue weighted by Crippen LogP contribution is 2.05. The molecule has 19 heavy (non-hydrogen) atoms. The van der Waals surface area contributed by atoms with E-state index in [1.165, 1.54) is 0 Å². The van der Waals surface area contributed by atoms with Gasteiger partial charge in [-0.1, -0.05) is 12.1 Å². The second kappa shape index (κ2) is 7.48. The zero-order valence-electron chi connectivity index (χ0n) is 11.0. The van der Waals surface area contributed by atoms with Crippen molar-refractivity contribution in [2.24, 2.45) is 5.73 Å². The summed E-state index contributed by atoms with van der Waals surface area (Å²) in [7, 11) is 0. The Hall–Kier alpha value is -1.95. The lowest BCUT2D eigenvalue weighted by Crippen LogP contribution is -2.47. The molecule has 0 bridgehead atoms. The zero-order chi connectivity index (χ0) is 14.3. The van der Waals surface area contributed by atoms with Gasteiger partial charge in [0.1, 0.15) is 0 Å². The van der Waals surface area contributed by atoms with Crippen LogP contribution < -0.4 is 11.1 Å². The summed E-state index contributed by atoms with van der Waals surface area (Å²) < 4.78 is 0. The van der Waals surface area contributed by atoms with Crippen LogP contribution in [0.3, 0.4) is 0 Å². The summed E-state index contributed by atoms with van der Waals surface area (Å²) in [4.78, 5) is 5.86. The average molecular weight is 277 g/mol. The van der Waals surface area contributed by atoms with Gasteiger partial charge in [0.25, 0.3) is 0 Å². The van der Waals surface area contributed by atoms with Gasteiger partial charge in [-0.05, 0) is 30.8 Å². The van der Waals surface area contributed by atoms with E-state index >= 15 is 0 Å². The van der Waals surface area contributed by atoms with Gasteiger partial charge in [0.05, 0.1) is 0 Å². The summed E-state index contributed by atoms with van der Waals surface area (Å²) in [6.45, 7) is 6.69. The van der Waals surface area contributed by atoms with E-state index in [4.69, 9.17) is 23.4 Å². The van der Waals surface area contributed by atoms with E-state index < -0.39 is 0 Å². The fourth-order valence-corrected chi connectivity index (χ4v) is 1.86. The Morgan fingerprint density at radius 3 is 3.00 bits per heavy atom. The number of hydrogen-bond donors (Lipinski definition) is 3. The van der Waals surface area contributed by atoms with Crippen molar-refractivity contribution in [3.8, 4) is 0 Å². The monoisotopic (exact) mass is 277 g/mol. The summed E-state index contributed by atoms with van der Waals surface area (Å²) in [5.74, 6) is -0.0739. The van der Waals surface area contributed by atoms with Crippen LogP contribution in [0, 0.1) is 12.3 Å². The number of guanidine groups is 1. The minimum atomic E-state index is -0.0739. The summed E-state index contributed by atoms with van der Waals surface area (Å²) in [5.41, 5.74) is 7.65. The molecule has 6 heteroatoms. The minimum Gasteiger partial charge on any atom is -0.370 e. The maximum atomic E-state index is 7.57. The Morgan fingerprint density at radius 2 is 2.42 bits per heavy atom. The Morgan fingerprint density at radius 1 is 1.68 bits per heavy atom. The summed E-state index contributed by atoms with van der Waals surface area (Å²) in [6.07, 6.45) is 4.14. The Bertz CT molecular complexity index is 472. The molecule has 4 N–H and O–H groups in total. The Balaban J connectivity index is 2.64. The van der Waals surface area contributed by atoms with E-state index in [9.17, 15) is 0 Å². The maximum absolute atomic E-state index is 7.57.